The van der Waals surface area contributed by atoms with E-state index >= 15 is 0 Å². The first-order valence-corrected chi connectivity index (χ1v) is 25.3. The van der Waals surface area contributed by atoms with Crippen LogP contribution >= 0.6 is 0 Å². The number of hydrogen-bond donors (Lipinski definition) is 0. The maximum absolute atomic E-state index is 7.23. The Morgan fingerprint density at radius 3 is 1.32 bits per heavy atom. The molecule has 0 heterocycles. The van der Waals surface area contributed by atoms with Gasteiger partial charge in [-0.05, 0) is 85.9 Å². The normalized spacial score (nSPS) is 21.2. The van der Waals surface area contributed by atoms with Crippen molar-refractivity contribution in [3.63, 3.8) is 0 Å². The molecule has 0 aliphatic heterocycles. The molecule has 0 aromatic heterocycles. The van der Waals surface area contributed by atoms with E-state index < -0.39 is 33.0 Å². The van der Waals surface area contributed by atoms with Crippen LogP contribution in [-0.4, -0.2) is 49.6 Å². The summed E-state index contributed by atoms with van der Waals surface area (Å²) in [5.74, 6) is 0. The Morgan fingerprint density at radius 2 is 1.03 bits per heavy atom. The van der Waals surface area contributed by atoms with Crippen LogP contribution in [-0.2, 0) is 13.3 Å². The lowest BCUT2D eigenvalue weighted by Crippen LogP contribution is -2.64. The number of hydrogen-bond acceptors (Lipinski definition) is 3. The molecular weight excluding hydrogens is 449 g/mol. The highest BCUT2D eigenvalue weighted by atomic mass is 28.4. The van der Waals surface area contributed by atoms with E-state index in [1.165, 1.54) is 0 Å². The van der Waals surface area contributed by atoms with Crippen molar-refractivity contribution in [3.8, 4) is 0 Å². The van der Waals surface area contributed by atoms with Crippen LogP contribution in [0.25, 0.3) is 0 Å². The van der Waals surface area contributed by atoms with Gasteiger partial charge in [0.05, 0.1) is 13.3 Å². The van der Waals surface area contributed by atoms with Crippen molar-refractivity contribution in [1.82, 2.24) is 0 Å². The minimum absolute atomic E-state index is 0.00923. The van der Waals surface area contributed by atoms with Crippen LogP contribution < -0.4 is 0 Å². The Morgan fingerprint density at radius 1 is 0.613 bits per heavy atom. The second-order valence-corrected chi connectivity index (χ2v) is 32.0. The first kappa shape index (κ1) is 31.7. The molecule has 0 bridgehead atoms. The average molecular weight is 507 g/mol. The molecule has 0 spiro atoms. The lowest BCUT2D eigenvalue weighted by Gasteiger charge is -2.55. The van der Waals surface area contributed by atoms with Gasteiger partial charge in [0.25, 0.3) is 0 Å². The zero-order valence-corrected chi connectivity index (χ0v) is 28.4. The monoisotopic (exact) mass is 506 g/mol. The van der Waals surface area contributed by atoms with Gasteiger partial charge in [0, 0.05) is 16.4 Å². The van der Waals surface area contributed by atoms with Crippen LogP contribution in [0.1, 0.15) is 67.7 Å². The molecule has 0 radical (unpaired) electrons. The third-order valence-corrected chi connectivity index (χ3v) is 22.2. The maximum atomic E-state index is 7.23. The molecule has 0 fully saturated rings. The van der Waals surface area contributed by atoms with Crippen LogP contribution in [0.3, 0.4) is 0 Å². The molecule has 7 heteroatoms. The van der Waals surface area contributed by atoms with Gasteiger partial charge in [-0.1, -0.05) is 47.3 Å². The first-order valence-electron chi connectivity index (χ1n) is 12.6. The Labute approximate surface area is 200 Å². The molecule has 0 saturated carbocycles. The van der Waals surface area contributed by atoms with Gasteiger partial charge in [-0.3, -0.25) is 0 Å². The molecule has 2 unspecified atom stereocenters. The van der Waals surface area contributed by atoms with Crippen molar-refractivity contribution >= 4 is 33.0 Å². The molecule has 3 nitrogen and oxygen atoms in total. The van der Waals surface area contributed by atoms with Gasteiger partial charge in [0.1, 0.15) is 0 Å². The van der Waals surface area contributed by atoms with Gasteiger partial charge in [-0.25, -0.2) is 0 Å². The van der Waals surface area contributed by atoms with E-state index in [0.29, 0.717) is 0 Å². The SMILES string of the molecule is CCC(C)(C(C)O[Si](C)(C)[C@](C)(CC)O[Si](C)(C)C)[Si](C)(C)O[C@](C)(CC)[Si](C)(C)C. The van der Waals surface area contributed by atoms with Gasteiger partial charge in [0.15, 0.2) is 16.6 Å². The highest BCUT2D eigenvalue weighted by molar-refractivity contribution is 6.81. The summed E-state index contributed by atoms with van der Waals surface area (Å²) in [6, 6.07) is 0. The summed E-state index contributed by atoms with van der Waals surface area (Å²) in [6.45, 7) is 40.0. The zero-order chi connectivity index (χ0) is 25.3. The van der Waals surface area contributed by atoms with Crippen molar-refractivity contribution in [2.45, 2.75) is 155 Å². The summed E-state index contributed by atoms with van der Waals surface area (Å²) in [7, 11) is -7.42. The van der Waals surface area contributed by atoms with E-state index in [4.69, 9.17) is 13.3 Å². The fourth-order valence-corrected chi connectivity index (χ4v) is 16.8. The molecule has 0 rings (SSSR count). The third-order valence-electron chi connectivity index (χ3n) is 8.70. The highest BCUT2D eigenvalue weighted by Gasteiger charge is 2.56. The summed E-state index contributed by atoms with van der Waals surface area (Å²) in [5, 5.41) is -0.158. The van der Waals surface area contributed by atoms with Crippen molar-refractivity contribution in [2.75, 3.05) is 0 Å². The van der Waals surface area contributed by atoms with E-state index in [-0.39, 0.29) is 21.6 Å². The molecule has 31 heavy (non-hydrogen) atoms. The van der Waals surface area contributed by atoms with E-state index in [9.17, 15) is 0 Å². The molecule has 0 aromatic rings. The molecule has 188 valence electrons. The molecule has 0 aromatic carbocycles. The van der Waals surface area contributed by atoms with Crippen molar-refractivity contribution in [1.29, 1.82) is 0 Å². The Balaban J connectivity index is 6.04. The lowest BCUT2D eigenvalue weighted by molar-refractivity contribution is 0.0673. The quantitative estimate of drug-likeness (QED) is 0.234. The minimum Gasteiger partial charge on any atom is -0.414 e. The second-order valence-electron chi connectivity index (χ2n) is 13.3. The Kier molecular flexibility index (Phi) is 10.4. The zero-order valence-electron chi connectivity index (χ0n) is 24.4. The van der Waals surface area contributed by atoms with Crippen molar-refractivity contribution in [3.05, 3.63) is 0 Å². The van der Waals surface area contributed by atoms with Crippen LogP contribution in [0.2, 0.25) is 70.5 Å². The van der Waals surface area contributed by atoms with Crippen LogP contribution in [0.5, 0.6) is 0 Å². The van der Waals surface area contributed by atoms with Gasteiger partial charge >= 0.3 is 0 Å². The average Bonchev–Trinajstić information content (AvgIpc) is 2.56. The van der Waals surface area contributed by atoms with Crippen LogP contribution in [0, 0.1) is 0 Å². The fourth-order valence-electron chi connectivity index (χ4n) is 4.63. The van der Waals surface area contributed by atoms with Gasteiger partial charge in [0.2, 0.25) is 8.32 Å². The predicted octanol–water partition coefficient (Wildman–Crippen LogP) is 8.59. The smallest absolute Gasteiger partial charge is 0.216 e. The Bertz CT molecular complexity index is 582. The molecular formula is C24H58O3Si4. The Hall–Kier alpha value is 0.748. The summed E-state index contributed by atoms with van der Waals surface area (Å²) in [4.78, 5) is 0. The summed E-state index contributed by atoms with van der Waals surface area (Å²) in [6.07, 6.45) is 3.28. The van der Waals surface area contributed by atoms with Crippen molar-refractivity contribution in [2.24, 2.45) is 0 Å². The van der Waals surface area contributed by atoms with Crippen LogP contribution in [0.15, 0.2) is 0 Å². The predicted molar refractivity (Wildman–Crippen MR) is 150 cm³/mol. The molecule has 0 saturated heterocycles. The second kappa shape index (κ2) is 10.2. The molecule has 0 amide bonds. The molecule has 0 aliphatic rings. The van der Waals surface area contributed by atoms with E-state index in [1.54, 1.807) is 0 Å². The lowest BCUT2D eigenvalue weighted by atomic mass is 10.0. The topological polar surface area (TPSA) is 27.7 Å². The third kappa shape index (κ3) is 7.12. The largest absolute Gasteiger partial charge is 0.414 e. The van der Waals surface area contributed by atoms with Crippen LogP contribution in [0.4, 0.5) is 0 Å². The summed E-state index contributed by atoms with van der Waals surface area (Å²) in [5.41, 5.74) is 0. The first-order chi connectivity index (χ1) is 13.5. The van der Waals surface area contributed by atoms with E-state index in [2.05, 4.69) is 114 Å². The molecule has 4 atom stereocenters. The minimum atomic E-state index is -2.15. The van der Waals surface area contributed by atoms with Gasteiger partial charge in [-0.2, -0.15) is 0 Å². The fraction of sp³-hybridized carbons (Fsp3) is 1.00. The molecule has 0 N–H and O–H groups in total. The highest BCUT2D eigenvalue weighted by Crippen LogP contribution is 2.50. The maximum Gasteiger partial charge on any atom is 0.216 e. The van der Waals surface area contributed by atoms with Gasteiger partial charge in [-0.15, -0.1) is 0 Å². The summed E-state index contributed by atoms with van der Waals surface area (Å²) >= 11 is 0. The van der Waals surface area contributed by atoms with E-state index in [0.717, 1.165) is 19.3 Å². The standard InChI is InChI=1S/C24H58O3Si4/c1-18-22(5,30(14,15)27-23(6,19-2)28(8,9)10)21(4)25-31(16,17)24(7,20-3)26-29(11,12)13/h21H,18-20H2,1-17H3/t21?,22?,23-,24+/m0/s1. The molecule has 0 aliphatic carbocycles. The van der Waals surface area contributed by atoms with Crippen molar-refractivity contribution < 1.29 is 13.3 Å². The van der Waals surface area contributed by atoms with E-state index in [1.807, 2.05) is 0 Å². The van der Waals surface area contributed by atoms with Gasteiger partial charge < -0.3 is 13.3 Å². The number of rotatable bonds is 13. The summed E-state index contributed by atoms with van der Waals surface area (Å²) < 4.78 is 21.1.